The topological polar surface area (TPSA) is 77.3 Å². The molecule has 0 unspecified atom stereocenters. The summed E-state index contributed by atoms with van der Waals surface area (Å²) >= 11 is 12.4. The van der Waals surface area contributed by atoms with Gasteiger partial charge in [0.05, 0.1) is 38.0 Å². The Morgan fingerprint density at radius 2 is 1.00 bits per heavy atom. The summed E-state index contributed by atoms with van der Waals surface area (Å²) in [6.07, 6.45) is 7.04. The summed E-state index contributed by atoms with van der Waals surface area (Å²) in [7, 11) is 0. The van der Waals surface area contributed by atoms with Crippen molar-refractivity contribution in [3.05, 3.63) is 120 Å². The molecule has 0 bridgehead atoms. The Kier molecular flexibility index (Phi) is 8.13. The zero-order valence-electron chi connectivity index (χ0n) is 20.2. The van der Waals surface area contributed by atoms with E-state index in [1.807, 2.05) is 48.5 Å². The number of halogens is 2. The van der Waals surface area contributed by atoms with Gasteiger partial charge in [0.2, 0.25) is 0 Å². The van der Waals surface area contributed by atoms with Crippen molar-refractivity contribution in [3.8, 4) is 22.8 Å². The normalized spacial score (nSPS) is 10.6. The Bertz CT molecular complexity index is 1850. The molecule has 0 aliphatic carbocycles. The van der Waals surface area contributed by atoms with Crippen LogP contribution in [0.3, 0.4) is 0 Å². The monoisotopic (exact) mass is 635 g/mol. The first kappa shape index (κ1) is 26.7. The number of fused-ring (bicyclic) bond motifs is 4. The van der Waals surface area contributed by atoms with Gasteiger partial charge in [0.25, 0.3) is 0 Å². The van der Waals surface area contributed by atoms with Gasteiger partial charge in [0, 0.05) is 55.0 Å². The Morgan fingerprint density at radius 1 is 0.462 bits per heavy atom. The largest absolute Gasteiger partial charge is 0.255 e. The molecule has 0 spiro atoms. The molecule has 0 atom stereocenters. The zero-order valence-corrected chi connectivity index (χ0v) is 23.3. The van der Waals surface area contributed by atoms with Crippen molar-refractivity contribution < 1.29 is 19.5 Å². The van der Waals surface area contributed by atoms with Crippen LogP contribution >= 0.6 is 23.2 Å². The fraction of sp³-hybridized carbons (Fsp3) is 0. The van der Waals surface area contributed by atoms with Crippen LogP contribution in [0.1, 0.15) is 0 Å². The molecule has 191 valence electrons. The minimum Gasteiger partial charge on any atom is -0.255 e. The van der Waals surface area contributed by atoms with Crippen molar-refractivity contribution in [2.45, 2.75) is 0 Å². The zero-order chi connectivity index (χ0) is 25.9. The molecule has 6 nitrogen and oxygen atoms in total. The summed E-state index contributed by atoms with van der Waals surface area (Å²) in [4.78, 5) is 26.9. The maximum absolute atomic E-state index is 6.31. The molecule has 0 saturated carbocycles. The third kappa shape index (κ3) is 5.48. The summed E-state index contributed by atoms with van der Waals surface area (Å²) in [5.41, 5.74) is 5.85. The Labute approximate surface area is 246 Å². The van der Waals surface area contributed by atoms with E-state index < -0.39 is 0 Å². The SMILES string of the molecule is Clc1ccc2nc(-c3ccccn3)c(-c3ccccn3)nc2c1Cl.[Rh].c1cnc2c(c1)ccc1cccnc12. The maximum atomic E-state index is 6.31. The Balaban J connectivity index is 0.000000175. The van der Waals surface area contributed by atoms with Crippen LogP contribution < -0.4 is 0 Å². The van der Waals surface area contributed by atoms with Gasteiger partial charge in [-0.2, -0.15) is 0 Å². The van der Waals surface area contributed by atoms with Crippen LogP contribution in [0, 0.1) is 0 Å². The molecule has 0 aliphatic rings. The van der Waals surface area contributed by atoms with E-state index in [-0.39, 0.29) is 19.5 Å². The fourth-order valence-corrected chi connectivity index (χ4v) is 4.46. The summed E-state index contributed by atoms with van der Waals surface area (Å²) in [5, 5.41) is 3.10. The van der Waals surface area contributed by atoms with Crippen LogP contribution in [0.15, 0.2) is 110 Å². The molecular formula is C30H18Cl2N6Rh. The van der Waals surface area contributed by atoms with Crippen molar-refractivity contribution in [1.29, 1.82) is 0 Å². The smallest absolute Gasteiger partial charge is 0.117 e. The van der Waals surface area contributed by atoms with E-state index in [1.54, 1.807) is 36.9 Å². The standard InChI is InChI=1S/C18H10Cl2N4.C12H8N2.Rh/c19-11-7-8-14-16(15(11)20)24-18(13-6-2-4-10-22-13)17(23-14)12-5-1-3-9-21-12;1-3-9-5-6-10-4-2-8-14-12(10)11(9)13-7-1;/h1-10H;1-8H;. The quantitative estimate of drug-likeness (QED) is 0.142. The van der Waals surface area contributed by atoms with Crippen LogP contribution in [-0.4, -0.2) is 29.9 Å². The van der Waals surface area contributed by atoms with Gasteiger partial charge in [-0.25, -0.2) is 9.97 Å². The molecule has 0 saturated heterocycles. The van der Waals surface area contributed by atoms with Crippen molar-refractivity contribution in [1.82, 2.24) is 29.9 Å². The van der Waals surface area contributed by atoms with E-state index in [1.165, 1.54) is 0 Å². The number of benzene rings is 2. The molecule has 0 amide bonds. The minimum absolute atomic E-state index is 0. The average molecular weight is 636 g/mol. The van der Waals surface area contributed by atoms with Gasteiger partial charge in [-0.3, -0.25) is 19.9 Å². The van der Waals surface area contributed by atoms with E-state index in [0.29, 0.717) is 38.2 Å². The molecule has 0 aliphatic heterocycles. The number of pyridine rings is 4. The van der Waals surface area contributed by atoms with Gasteiger partial charge in [-0.15, -0.1) is 0 Å². The second kappa shape index (κ2) is 11.9. The predicted molar refractivity (Wildman–Crippen MR) is 153 cm³/mol. The molecule has 0 fully saturated rings. The van der Waals surface area contributed by atoms with Crippen molar-refractivity contribution in [2.75, 3.05) is 0 Å². The van der Waals surface area contributed by atoms with E-state index >= 15 is 0 Å². The molecule has 5 heterocycles. The third-order valence-corrected chi connectivity index (χ3v) is 6.68. The molecular weight excluding hydrogens is 618 g/mol. The maximum Gasteiger partial charge on any atom is 0.117 e. The van der Waals surface area contributed by atoms with Crippen LogP contribution in [-0.2, 0) is 19.5 Å². The second-order valence-corrected chi connectivity index (χ2v) is 9.08. The van der Waals surface area contributed by atoms with Crippen molar-refractivity contribution in [3.63, 3.8) is 0 Å². The van der Waals surface area contributed by atoms with Gasteiger partial charge in [0.15, 0.2) is 0 Å². The van der Waals surface area contributed by atoms with Gasteiger partial charge >= 0.3 is 0 Å². The van der Waals surface area contributed by atoms with Gasteiger partial charge < -0.3 is 0 Å². The first-order valence-electron chi connectivity index (χ1n) is 11.8. The first-order valence-corrected chi connectivity index (χ1v) is 12.5. The molecule has 9 heteroatoms. The summed E-state index contributed by atoms with van der Waals surface area (Å²) in [6, 6.07) is 26.9. The number of hydrogen-bond acceptors (Lipinski definition) is 6. The first-order chi connectivity index (χ1) is 18.7. The third-order valence-electron chi connectivity index (χ3n) is 5.89. The van der Waals surface area contributed by atoms with E-state index in [2.05, 4.69) is 44.2 Å². The summed E-state index contributed by atoms with van der Waals surface area (Å²) < 4.78 is 0. The second-order valence-electron chi connectivity index (χ2n) is 8.30. The summed E-state index contributed by atoms with van der Waals surface area (Å²) in [5.74, 6) is 0. The van der Waals surface area contributed by atoms with Crippen LogP contribution in [0.5, 0.6) is 0 Å². The van der Waals surface area contributed by atoms with Gasteiger partial charge in [-0.05, 0) is 48.5 Å². The number of nitrogens with zero attached hydrogens (tertiary/aromatic N) is 6. The Hall–Kier alpha value is -3.90. The molecule has 7 aromatic rings. The van der Waals surface area contributed by atoms with Crippen molar-refractivity contribution >= 4 is 56.0 Å². The van der Waals surface area contributed by atoms with E-state index in [0.717, 1.165) is 27.5 Å². The molecule has 0 N–H and O–H groups in total. The van der Waals surface area contributed by atoms with E-state index in [9.17, 15) is 0 Å². The molecule has 39 heavy (non-hydrogen) atoms. The molecule has 5 aromatic heterocycles. The van der Waals surface area contributed by atoms with Gasteiger partial charge in [0.1, 0.15) is 16.9 Å². The van der Waals surface area contributed by atoms with Crippen LogP contribution in [0.25, 0.3) is 55.6 Å². The molecule has 2 aromatic carbocycles. The van der Waals surface area contributed by atoms with Crippen LogP contribution in [0.4, 0.5) is 0 Å². The number of rotatable bonds is 2. The Morgan fingerprint density at radius 3 is 1.54 bits per heavy atom. The van der Waals surface area contributed by atoms with E-state index in [4.69, 9.17) is 33.2 Å². The predicted octanol–water partition coefficient (Wildman–Crippen LogP) is 7.84. The van der Waals surface area contributed by atoms with Crippen molar-refractivity contribution in [2.24, 2.45) is 0 Å². The fourth-order valence-electron chi connectivity index (χ4n) is 4.11. The number of aromatic nitrogens is 6. The summed E-state index contributed by atoms with van der Waals surface area (Å²) in [6.45, 7) is 0. The molecule has 7 rings (SSSR count). The van der Waals surface area contributed by atoms with Gasteiger partial charge in [-0.1, -0.05) is 59.6 Å². The number of hydrogen-bond donors (Lipinski definition) is 0. The average Bonchev–Trinajstić information content (AvgIpc) is 3.00. The minimum atomic E-state index is 0. The van der Waals surface area contributed by atoms with Crippen LogP contribution in [0.2, 0.25) is 10.0 Å². The molecule has 1 radical (unpaired) electrons.